The van der Waals surface area contributed by atoms with Gasteiger partial charge in [-0.15, -0.1) is 0 Å². The molecule has 0 unspecified atom stereocenters. The summed E-state index contributed by atoms with van der Waals surface area (Å²) in [6.07, 6.45) is 5.19. The Morgan fingerprint density at radius 1 is 1.18 bits per heavy atom. The van der Waals surface area contributed by atoms with Gasteiger partial charge in [0.1, 0.15) is 0 Å². The summed E-state index contributed by atoms with van der Waals surface area (Å²) in [5, 5.41) is 3.11. The minimum Gasteiger partial charge on any atom is -0.312 e. The Labute approximate surface area is 103 Å². The van der Waals surface area contributed by atoms with Crippen LogP contribution in [0.5, 0.6) is 0 Å². The van der Waals surface area contributed by atoms with Crippen LogP contribution in [-0.2, 0) is 10.0 Å². The lowest BCUT2D eigenvalue weighted by Crippen LogP contribution is -2.31. The highest BCUT2D eigenvalue weighted by molar-refractivity contribution is 7.88. The van der Waals surface area contributed by atoms with Crippen LogP contribution < -0.4 is 10.0 Å². The molecule has 2 N–H and O–H groups in total. The quantitative estimate of drug-likeness (QED) is 0.709. The molecular formula is C12H18N2O2S. The van der Waals surface area contributed by atoms with Gasteiger partial charge >= 0.3 is 0 Å². The third-order valence-electron chi connectivity index (χ3n) is 2.04. The van der Waals surface area contributed by atoms with Crippen LogP contribution in [0, 0.1) is 0 Å². The molecule has 1 rings (SSSR count). The second kappa shape index (κ2) is 7.21. The van der Waals surface area contributed by atoms with Crippen molar-refractivity contribution >= 4 is 16.1 Å². The summed E-state index contributed by atoms with van der Waals surface area (Å²) in [6.45, 7) is 1.75. The highest BCUT2D eigenvalue weighted by Crippen LogP contribution is 1.99. The molecule has 0 aliphatic rings. The predicted molar refractivity (Wildman–Crippen MR) is 71.2 cm³/mol. The van der Waals surface area contributed by atoms with Gasteiger partial charge in [-0.2, -0.15) is 0 Å². The Morgan fingerprint density at radius 3 is 2.53 bits per heavy atom. The summed E-state index contributed by atoms with van der Waals surface area (Å²) >= 11 is 0. The van der Waals surface area contributed by atoms with Gasteiger partial charge in [0.2, 0.25) is 10.0 Å². The molecule has 0 fully saturated rings. The van der Waals surface area contributed by atoms with Crippen LogP contribution in [0.4, 0.5) is 0 Å². The largest absolute Gasteiger partial charge is 0.312 e. The summed E-state index contributed by atoms with van der Waals surface area (Å²) in [4.78, 5) is 0. The van der Waals surface area contributed by atoms with E-state index in [1.165, 1.54) is 0 Å². The second-order valence-corrected chi connectivity index (χ2v) is 5.52. The summed E-state index contributed by atoms with van der Waals surface area (Å²) < 4.78 is 23.9. The zero-order chi connectivity index (χ0) is 12.6. The van der Waals surface area contributed by atoms with Crippen LogP contribution in [0.15, 0.2) is 36.4 Å². The van der Waals surface area contributed by atoms with Crippen molar-refractivity contribution in [1.82, 2.24) is 10.0 Å². The number of nitrogens with one attached hydrogen (secondary N) is 2. The third kappa shape index (κ3) is 7.68. The summed E-state index contributed by atoms with van der Waals surface area (Å²) in [6, 6.07) is 10.0. The maximum atomic E-state index is 10.8. The average molecular weight is 254 g/mol. The van der Waals surface area contributed by atoms with E-state index in [1.54, 1.807) is 0 Å². The van der Waals surface area contributed by atoms with Crippen molar-refractivity contribution in [2.75, 3.05) is 25.9 Å². The maximum Gasteiger partial charge on any atom is 0.208 e. The van der Waals surface area contributed by atoms with Gasteiger partial charge in [0.25, 0.3) is 0 Å². The van der Waals surface area contributed by atoms with E-state index < -0.39 is 10.0 Å². The first-order chi connectivity index (χ1) is 8.08. The fourth-order valence-corrected chi connectivity index (χ4v) is 1.74. The van der Waals surface area contributed by atoms with Gasteiger partial charge in [-0.05, 0) is 5.56 Å². The Kier molecular flexibility index (Phi) is 5.90. The predicted octanol–water partition coefficient (Wildman–Crippen LogP) is 0.839. The van der Waals surface area contributed by atoms with Crippen LogP contribution in [0.1, 0.15) is 5.56 Å². The second-order valence-electron chi connectivity index (χ2n) is 3.68. The first-order valence-electron chi connectivity index (χ1n) is 5.45. The van der Waals surface area contributed by atoms with Crippen LogP contribution >= 0.6 is 0 Å². The Bertz CT molecular complexity index is 441. The highest BCUT2D eigenvalue weighted by atomic mass is 32.2. The highest BCUT2D eigenvalue weighted by Gasteiger charge is 1.96. The average Bonchev–Trinajstić information content (AvgIpc) is 2.28. The minimum absolute atomic E-state index is 0.415. The summed E-state index contributed by atoms with van der Waals surface area (Å²) in [5.41, 5.74) is 1.16. The first-order valence-corrected chi connectivity index (χ1v) is 7.34. The molecule has 0 saturated heterocycles. The number of hydrogen-bond acceptors (Lipinski definition) is 3. The van der Waals surface area contributed by atoms with Crippen LogP contribution in [0.2, 0.25) is 0 Å². The van der Waals surface area contributed by atoms with Crippen LogP contribution in [0.3, 0.4) is 0 Å². The van der Waals surface area contributed by atoms with E-state index in [1.807, 2.05) is 42.5 Å². The molecule has 1 aromatic carbocycles. The van der Waals surface area contributed by atoms with E-state index in [-0.39, 0.29) is 0 Å². The number of sulfonamides is 1. The van der Waals surface area contributed by atoms with E-state index in [2.05, 4.69) is 10.0 Å². The van der Waals surface area contributed by atoms with E-state index in [0.29, 0.717) is 13.1 Å². The number of benzene rings is 1. The lowest BCUT2D eigenvalue weighted by molar-refractivity contribution is 0.584. The molecule has 0 aliphatic carbocycles. The van der Waals surface area contributed by atoms with Crippen molar-refractivity contribution in [3.05, 3.63) is 42.0 Å². The zero-order valence-corrected chi connectivity index (χ0v) is 10.7. The summed E-state index contributed by atoms with van der Waals surface area (Å²) in [5.74, 6) is 0. The molecule has 17 heavy (non-hydrogen) atoms. The van der Waals surface area contributed by atoms with Gasteiger partial charge in [-0.1, -0.05) is 42.5 Å². The monoisotopic (exact) mass is 254 g/mol. The maximum absolute atomic E-state index is 10.8. The van der Waals surface area contributed by atoms with Crippen LogP contribution in [-0.4, -0.2) is 34.3 Å². The Balaban J connectivity index is 2.11. The van der Waals surface area contributed by atoms with Crippen molar-refractivity contribution in [2.45, 2.75) is 0 Å². The minimum atomic E-state index is -3.07. The number of rotatable bonds is 7. The molecule has 5 heteroatoms. The van der Waals surface area contributed by atoms with Gasteiger partial charge in [-0.25, -0.2) is 13.1 Å². The molecule has 0 aromatic heterocycles. The van der Waals surface area contributed by atoms with Gasteiger partial charge in [-0.3, -0.25) is 0 Å². The zero-order valence-electron chi connectivity index (χ0n) is 9.89. The molecule has 0 aliphatic heterocycles. The molecule has 0 radical (unpaired) electrons. The van der Waals surface area contributed by atoms with Crippen molar-refractivity contribution in [3.8, 4) is 0 Å². The SMILES string of the molecule is CS(=O)(=O)NCCNC/C=C/c1ccccc1. The molecule has 94 valence electrons. The Morgan fingerprint density at radius 2 is 1.88 bits per heavy atom. The van der Waals surface area contributed by atoms with Crippen molar-refractivity contribution in [3.63, 3.8) is 0 Å². The normalized spacial score (nSPS) is 12.1. The molecule has 0 spiro atoms. The van der Waals surface area contributed by atoms with E-state index in [9.17, 15) is 8.42 Å². The van der Waals surface area contributed by atoms with Gasteiger partial charge < -0.3 is 5.32 Å². The first kappa shape index (κ1) is 13.9. The molecule has 0 bridgehead atoms. The van der Waals surface area contributed by atoms with Gasteiger partial charge in [0.05, 0.1) is 6.26 Å². The molecule has 1 aromatic rings. The Hall–Kier alpha value is -1.17. The molecule has 0 saturated carbocycles. The van der Waals surface area contributed by atoms with E-state index in [0.717, 1.165) is 18.4 Å². The smallest absolute Gasteiger partial charge is 0.208 e. The van der Waals surface area contributed by atoms with Crippen molar-refractivity contribution < 1.29 is 8.42 Å². The molecule has 0 amide bonds. The molecule has 0 atom stereocenters. The van der Waals surface area contributed by atoms with E-state index >= 15 is 0 Å². The lowest BCUT2D eigenvalue weighted by Gasteiger charge is -2.02. The van der Waals surface area contributed by atoms with Crippen molar-refractivity contribution in [1.29, 1.82) is 0 Å². The standard InChI is InChI=1S/C12H18N2O2S/c1-17(15,16)14-11-10-13-9-5-8-12-6-3-2-4-7-12/h2-8,13-14H,9-11H2,1H3/b8-5+. The summed E-state index contributed by atoms with van der Waals surface area (Å²) in [7, 11) is -3.07. The third-order valence-corrected chi connectivity index (χ3v) is 2.77. The fourth-order valence-electron chi connectivity index (χ4n) is 1.27. The van der Waals surface area contributed by atoms with Crippen LogP contribution in [0.25, 0.3) is 6.08 Å². The van der Waals surface area contributed by atoms with Crippen molar-refractivity contribution in [2.24, 2.45) is 0 Å². The van der Waals surface area contributed by atoms with Gasteiger partial charge in [0, 0.05) is 19.6 Å². The topological polar surface area (TPSA) is 58.2 Å². The molecule has 4 nitrogen and oxygen atoms in total. The van der Waals surface area contributed by atoms with Gasteiger partial charge in [0.15, 0.2) is 0 Å². The molecule has 0 heterocycles. The van der Waals surface area contributed by atoms with E-state index in [4.69, 9.17) is 0 Å². The molecular weight excluding hydrogens is 236 g/mol. The number of hydrogen-bond donors (Lipinski definition) is 2. The fraction of sp³-hybridized carbons (Fsp3) is 0.333. The lowest BCUT2D eigenvalue weighted by atomic mass is 10.2.